The summed E-state index contributed by atoms with van der Waals surface area (Å²) in [6.45, 7) is 7.61. The molecule has 0 aromatic carbocycles. The Balaban J connectivity index is 2.66. The summed E-state index contributed by atoms with van der Waals surface area (Å²) in [6.07, 6.45) is 1.96. The van der Waals surface area contributed by atoms with E-state index in [0.717, 1.165) is 6.54 Å². The molecule has 0 saturated carbocycles. The fourth-order valence-corrected chi connectivity index (χ4v) is 2.13. The van der Waals surface area contributed by atoms with E-state index in [1.165, 1.54) is 4.88 Å². The molecule has 1 aromatic rings. The number of rotatable bonds is 4. The molecule has 0 saturated heterocycles. The molecule has 0 bridgehead atoms. The summed E-state index contributed by atoms with van der Waals surface area (Å²) in [5.74, 6) is 0.630. The molecule has 0 spiro atoms. The van der Waals surface area contributed by atoms with Gasteiger partial charge in [-0.2, -0.15) is 0 Å². The van der Waals surface area contributed by atoms with E-state index in [1.807, 2.05) is 11.7 Å². The number of thiazole rings is 1. The molecule has 0 aliphatic carbocycles. The molecule has 2 nitrogen and oxygen atoms in total. The van der Waals surface area contributed by atoms with Crippen LogP contribution in [-0.2, 0) is 0 Å². The SMILES string of the molecule is CCNC(c1cncs1)C(C)C. The first-order valence-corrected chi connectivity index (χ1v) is 5.25. The van der Waals surface area contributed by atoms with Crippen molar-refractivity contribution in [2.75, 3.05) is 6.54 Å². The van der Waals surface area contributed by atoms with Crippen LogP contribution < -0.4 is 5.32 Å². The monoisotopic (exact) mass is 184 g/mol. The summed E-state index contributed by atoms with van der Waals surface area (Å²) in [7, 11) is 0. The molecule has 68 valence electrons. The molecule has 0 aliphatic heterocycles. The number of hydrogen-bond acceptors (Lipinski definition) is 3. The van der Waals surface area contributed by atoms with Crippen molar-refractivity contribution in [3.63, 3.8) is 0 Å². The first kappa shape index (κ1) is 9.68. The normalized spacial score (nSPS) is 13.7. The lowest BCUT2D eigenvalue weighted by Crippen LogP contribution is -2.24. The van der Waals surface area contributed by atoms with E-state index >= 15 is 0 Å². The molecule has 0 radical (unpaired) electrons. The minimum Gasteiger partial charge on any atom is -0.309 e. The Labute approximate surface area is 78.0 Å². The highest BCUT2D eigenvalue weighted by Gasteiger charge is 2.15. The summed E-state index contributed by atoms with van der Waals surface area (Å²) >= 11 is 1.73. The van der Waals surface area contributed by atoms with Crippen LogP contribution in [0.1, 0.15) is 31.7 Å². The fraction of sp³-hybridized carbons (Fsp3) is 0.667. The van der Waals surface area contributed by atoms with Gasteiger partial charge in [0.1, 0.15) is 0 Å². The van der Waals surface area contributed by atoms with E-state index in [2.05, 4.69) is 31.1 Å². The molecule has 1 unspecified atom stereocenters. The van der Waals surface area contributed by atoms with Gasteiger partial charge in [0.05, 0.1) is 5.51 Å². The lowest BCUT2D eigenvalue weighted by atomic mass is 10.0. The fourth-order valence-electron chi connectivity index (χ4n) is 1.26. The molecule has 0 amide bonds. The first-order valence-electron chi connectivity index (χ1n) is 4.37. The molecule has 0 fully saturated rings. The summed E-state index contributed by atoms with van der Waals surface area (Å²) in [5.41, 5.74) is 1.89. The van der Waals surface area contributed by atoms with E-state index in [4.69, 9.17) is 0 Å². The van der Waals surface area contributed by atoms with Gasteiger partial charge in [-0.3, -0.25) is 4.98 Å². The standard InChI is InChI=1S/C9H16N2S/c1-4-11-9(7(2)3)8-5-10-6-12-8/h5-7,9,11H,4H2,1-3H3. The second-order valence-electron chi connectivity index (χ2n) is 3.18. The predicted octanol–water partition coefficient (Wildman–Crippen LogP) is 2.45. The zero-order valence-electron chi connectivity index (χ0n) is 7.87. The van der Waals surface area contributed by atoms with Gasteiger partial charge in [-0.25, -0.2) is 0 Å². The highest BCUT2D eigenvalue weighted by Crippen LogP contribution is 2.23. The number of hydrogen-bond donors (Lipinski definition) is 1. The summed E-state index contributed by atoms with van der Waals surface area (Å²) in [6, 6.07) is 0.475. The zero-order valence-corrected chi connectivity index (χ0v) is 8.69. The van der Waals surface area contributed by atoms with Gasteiger partial charge in [-0.05, 0) is 12.5 Å². The van der Waals surface area contributed by atoms with E-state index in [-0.39, 0.29) is 0 Å². The van der Waals surface area contributed by atoms with Crippen LogP contribution in [0.5, 0.6) is 0 Å². The number of nitrogens with one attached hydrogen (secondary N) is 1. The average Bonchev–Trinajstić information content (AvgIpc) is 2.51. The van der Waals surface area contributed by atoms with Crippen LogP contribution in [0.2, 0.25) is 0 Å². The van der Waals surface area contributed by atoms with E-state index < -0.39 is 0 Å². The van der Waals surface area contributed by atoms with Crippen LogP contribution in [0.4, 0.5) is 0 Å². The highest BCUT2D eigenvalue weighted by atomic mass is 32.1. The summed E-state index contributed by atoms with van der Waals surface area (Å²) in [4.78, 5) is 5.43. The summed E-state index contributed by atoms with van der Waals surface area (Å²) in [5, 5.41) is 3.45. The zero-order chi connectivity index (χ0) is 8.97. The molecule has 12 heavy (non-hydrogen) atoms. The summed E-state index contributed by atoms with van der Waals surface area (Å²) < 4.78 is 0. The molecular weight excluding hydrogens is 168 g/mol. The van der Waals surface area contributed by atoms with Crippen molar-refractivity contribution in [3.05, 3.63) is 16.6 Å². The van der Waals surface area contributed by atoms with Gasteiger partial charge in [0.25, 0.3) is 0 Å². The maximum Gasteiger partial charge on any atom is 0.0794 e. The first-order chi connectivity index (χ1) is 5.75. The van der Waals surface area contributed by atoms with Gasteiger partial charge in [0.2, 0.25) is 0 Å². The predicted molar refractivity (Wildman–Crippen MR) is 53.4 cm³/mol. The Hall–Kier alpha value is -0.410. The van der Waals surface area contributed by atoms with E-state index in [9.17, 15) is 0 Å². The van der Waals surface area contributed by atoms with E-state index in [0.29, 0.717) is 12.0 Å². The Morgan fingerprint density at radius 1 is 1.58 bits per heavy atom. The molecule has 3 heteroatoms. The smallest absolute Gasteiger partial charge is 0.0794 e. The Kier molecular flexibility index (Phi) is 3.69. The highest BCUT2D eigenvalue weighted by molar-refractivity contribution is 7.09. The minimum absolute atomic E-state index is 0.475. The van der Waals surface area contributed by atoms with Crippen molar-refractivity contribution in [2.45, 2.75) is 26.8 Å². The maximum absolute atomic E-state index is 4.09. The van der Waals surface area contributed by atoms with Crippen molar-refractivity contribution >= 4 is 11.3 Å². The van der Waals surface area contributed by atoms with Gasteiger partial charge in [0.15, 0.2) is 0 Å². The van der Waals surface area contributed by atoms with Gasteiger partial charge in [0, 0.05) is 17.1 Å². The number of nitrogens with zero attached hydrogens (tertiary/aromatic N) is 1. The van der Waals surface area contributed by atoms with Crippen molar-refractivity contribution in [2.24, 2.45) is 5.92 Å². The Morgan fingerprint density at radius 3 is 2.75 bits per heavy atom. The van der Waals surface area contributed by atoms with Crippen LogP contribution in [0.15, 0.2) is 11.7 Å². The van der Waals surface area contributed by atoms with Gasteiger partial charge in [-0.1, -0.05) is 20.8 Å². The second-order valence-corrected chi connectivity index (χ2v) is 4.10. The van der Waals surface area contributed by atoms with Crippen molar-refractivity contribution in [3.8, 4) is 0 Å². The van der Waals surface area contributed by atoms with Crippen LogP contribution in [0.3, 0.4) is 0 Å². The molecule has 0 aliphatic rings. The quantitative estimate of drug-likeness (QED) is 0.777. The van der Waals surface area contributed by atoms with Crippen molar-refractivity contribution < 1.29 is 0 Å². The number of aromatic nitrogens is 1. The molecule has 1 atom stereocenters. The molecule has 1 aromatic heterocycles. The Bertz CT molecular complexity index is 206. The van der Waals surface area contributed by atoms with Gasteiger partial charge >= 0.3 is 0 Å². The third-order valence-electron chi connectivity index (χ3n) is 1.85. The second kappa shape index (κ2) is 4.58. The van der Waals surface area contributed by atoms with Crippen molar-refractivity contribution in [1.29, 1.82) is 0 Å². The molecular formula is C9H16N2S. The van der Waals surface area contributed by atoms with Crippen molar-refractivity contribution in [1.82, 2.24) is 10.3 Å². The third-order valence-corrected chi connectivity index (χ3v) is 2.71. The van der Waals surface area contributed by atoms with Crippen LogP contribution in [-0.4, -0.2) is 11.5 Å². The van der Waals surface area contributed by atoms with Crippen LogP contribution in [0.25, 0.3) is 0 Å². The van der Waals surface area contributed by atoms with Gasteiger partial charge < -0.3 is 5.32 Å². The Morgan fingerprint density at radius 2 is 2.33 bits per heavy atom. The minimum atomic E-state index is 0.475. The maximum atomic E-state index is 4.09. The van der Waals surface area contributed by atoms with Gasteiger partial charge in [-0.15, -0.1) is 11.3 Å². The third kappa shape index (κ3) is 2.29. The lowest BCUT2D eigenvalue weighted by molar-refractivity contribution is 0.427. The molecule has 1 rings (SSSR count). The largest absolute Gasteiger partial charge is 0.309 e. The average molecular weight is 184 g/mol. The molecule has 1 N–H and O–H groups in total. The van der Waals surface area contributed by atoms with Crippen LogP contribution >= 0.6 is 11.3 Å². The molecule has 1 heterocycles. The van der Waals surface area contributed by atoms with Crippen LogP contribution in [0, 0.1) is 5.92 Å². The lowest BCUT2D eigenvalue weighted by Gasteiger charge is -2.19. The van der Waals surface area contributed by atoms with E-state index in [1.54, 1.807) is 11.3 Å². The topological polar surface area (TPSA) is 24.9 Å².